The summed E-state index contributed by atoms with van der Waals surface area (Å²) in [6, 6.07) is 15.5. The van der Waals surface area contributed by atoms with Gasteiger partial charge in [-0.05, 0) is 43.3 Å². The fraction of sp³-hybridized carbons (Fsp3) is 0.167. The maximum Gasteiger partial charge on any atom is 0.347 e. The number of hydrogen-bond acceptors (Lipinski definition) is 5. The van der Waals surface area contributed by atoms with Crippen molar-refractivity contribution in [2.24, 2.45) is 0 Å². The zero-order chi connectivity index (χ0) is 18.2. The average Bonchev–Trinajstić information content (AvgIpc) is 2.62. The highest BCUT2D eigenvalue weighted by atomic mass is 79.9. The molecule has 0 saturated carbocycles. The lowest BCUT2D eigenvalue weighted by atomic mass is 10.2. The summed E-state index contributed by atoms with van der Waals surface area (Å²) in [5.74, 6) is -0.682. The number of carbonyl (C=O) groups excluding carboxylic acids is 2. The van der Waals surface area contributed by atoms with Gasteiger partial charge in [0.05, 0.1) is 11.3 Å². The highest BCUT2D eigenvalue weighted by molar-refractivity contribution is 9.10. The smallest absolute Gasteiger partial charge is 0.347 e. The van der Waals surface area contributed by atoms with Crippen molar-refractivity contribution < 1.29 is 19.1 Å². The first-order valence-corrected chi connectivity index (χ1v) is 8.16. The van der Waals surface area contributed by atoms with Gasteiger partial charge in [-0.3, -0.25) is 4.79 Å². The molecule has 0 unspecified atom stereocenters. The molecule has 128 valence electrons. The zero-order valence-corrected chi connectivity index (χ0v) is 14.9. The number of ether oxygens (including phenoxy) is 2. The molecule has 0 saturated heterocycles. The van der Waals surface area contributed by atoms with Crippen LogP contribution in [0.1, 0.15) is 12.5 Å². The molecule has 2 rings (SSSR count). The quantitative estimate of drug-likeness (QED) is 0.748. The van der Waals surface area contributed by atoms with Crippen molar-refractivity contribution in [1.82, 2.24) is 0 Å². The lowest BCUT2D eigenvalue weighted by Gasteiger charge is -2.14. The van der Waals surface area contributed by atoms with Gasteiger partial charge in [0.15, 0.2) is 12.7 Å². The van der Waals surface area contributed by atoms with Gasteiger partial charge in [-0.25, -0.2) is 4.79 Å². The van der Waals surface area contributed by atoms with E-state index in [9.17, 15) is 9.59 Å². The Bertz CT molecular complexity index is 799. The van der Waals surface area contributed by atoms with Crippen molar-refractivity contribution in [2.75, 3.05) is 11.9 Å². The summed E-state index contributed by atoms with van der Waals surface area (Å²) in [5, 5.41) is 11.5. The van der Waals surface area contributed by atoms with Crippen molar-refractivity contribution in [2.45, 2.75) is 13.0 Å². The molecule has 0 heterocycles. The van der Waals surface area contributed by atoms with Crippen LogP contribution in [-0.2, 0) is 14.3 Å². The molecule has 1 amide bonds. The van der Waals surface area contributed by atoms with Crippen LogP contribution < -0.4 is 10.1 Å². The van der Waals surface area contributed by atoms with Gasteiger partial charge in [0.1, 0.15) is 11.8 Å². The van der Waals surface area contributed by atoms with Crippen molar-refractivity contribution in [1.29, 1.82) is 5.26 Å². The molecule has 2 aromatic carbocycles. The Morgan fingerprint density at radius 1 is 1.20 bits per heavy atom. The van der Waals surface area contributed by atoms with Gasteiger partial charge in [-0.2, -0.15) is 5.26 Å². The predicted molar refractivity (Wildman–Crippen MR) is 95.0 cm³/mol. The van der Waals surface area contributed by atoms with E-state index in [-0.39, 0.29) is 0 Å². The molecule has 2 aromatic rings. The first-order valence-electron chi connectivity index (χ1n) is 7.37. The minimum absolute atomic E-state index is 0.328. The Kier molecular flexibility index (Phi) is 6.54. The first kappa shape index (κ1) is 18.5. The van der Waals surface area contributed by atoms with E-state index < -0.39 is 24.6 Å². The standard InChI is InChI=1S/C18H15BrN2O4/c1-12(25-15-8-6-14(19)7-9-15)18(23)24-11-17(22)21-16-5-3-2-4-13(16)10-20/h2-9,12H,11H2,1H3,(H,21,22)/t12-/m0/s1. The number of para-hydroxylation sites is 1. The van der Waals surface area contributed by atoms with Crippen LogP contribution >= 0.6 is 15.9 Å². The number of nitrogens with zero attached hydrogens (tertiary/aromatic N) is 1. The van der Waals surface area contributed by atoms with Gasteiger partial charge in [-0.15, -0.1) is 0 Å². The third-order valence-electron chi connectivity index (χ3n) is 3.13. The summed E-state index contributed by atoms with van der Waals surface area (Å²) in [6.45, 7) is 1.07. The molecule has 1 N–H and O–H groups in total. The maximum atomic E-state index is 11.9. The topological polar surface area (TPSA) is 88.4 Å². The molecule has 6 nitrogen and oxygen atoms in total. The largest absolute Gasteiger partial charge is 0.479 e. The lowest BCUT2D eigenvalue weighted by Crippen LogP contribution is -2.29. The molecule has 0 aliphatic heterocycles. The van der Waals surface area contributed by atoms with Crippen LogP contribution in [0, 0.1) is 11.3 Å². The summed E-state index contributed by atoms with van der Waals surface area (Å²) < 4.78 is 11.3. The summed E-state index contributed by atoms with van der Waals surface area (Å²) in [7, 11) is 0. The fourth-order valence-corrected chi connectivity index (χ4v) is 2.16. The first-order chi connectivity index (χ1) is 12.0. The van der Waals surface area contributed by atoms with Crippen molar-refractivity contribution in [3.05, 3.63) is 58.6 Å². The van der Waals surface area contributed by atoms with Gasteiger partial charge >= 0.3 is 5.97 Å². The van der Waals surface area contributed by atoms with Crippen LogP contribution in [0.3, 0.4) is 0 Å². The Labute approximate surface area is 153 Å². The molecular formula is C18H15BrN2O4. The minimum Gasteiger partial charge on any atom is -0.479 e. The normalized spacial score (nSPS) is 11.1. The van der Waals surface area contributed by atoms with Crippen LogP contribution in [0.5, 0.6) is 5.75 Å². The fourth-order valence-electron chi connectivity index (χ4n) is 1.90. The molecule has 1 atom stereocenters. The number of amides is 1. The van der Waals surface area contributed by atoms with Gasteiger partial charge in [0.25, 0.3) is 5.91 Å². The number of esters is 1. The van der Waals surface area contributed by atoms with E-state index in [1.54, 1.807) is 48.5 Å². The molecule has 0 aromatic heterocycles. The number of benzene rings is 2. The SMILES string of the molecule is C[C@H](Oc1ccc(Br)cc1)C(=O)OCC(=O)Nc1ccccc1C#N. The molecule has 0 fully saturated rings. The molecule has 7 heteroatoms. The van der Waals surface area contributed by atoms with Crippen LogP contribution in [0.4, 0.5) is 5.69 Å². The number of nitrogens with one attached hydrogen (secondary N) is 1. The Morgan fingerprint density at radius 3 is 2.56 bits per heavy atom. The van der Waals surface area contributed by atoms with E-state index in [1.807, 2.05) is 6.07 Å². The second-order valence-corrected chi connectivity index (χ2v) is 5.94. The number of nitriles is 1. The van der Waals surface area contributed by atoms with Crippen LogP contribution in [0.25, 0.3) is 0 Å². The third kappa shape index (κ3) is 5.62. The Morgan fingerprint density at radius 2 is 1.88 bits per heavy atom. The number of carbonyl (C=O) groups is 2. The monoisotopic (exact) mass is 402 g/mol. The van der Waals surface area contributed by atoms with E-state index in [0.29, 0.717) is 17.0 Å². The second kappa shape index (κ2) is 8.85. The molecule has 0 spiro atoms. The van der Waals surface area contributed by atoms with Crippen molar-refractivity contribution in [3.8, 4) is 11.8 Å². The molecule has 0 aliphatic rings. The highest BCUT2D eigenvalue weighted by Gasteiger charge is 2.18. The maximum absolute atomic E-state index is 11.9. The second-order valence-electron chi connectivity index (χ2n) is 5.03. The minimum atomic E-state index is -0.861. The molecule has 0 radical (unpaired) electrons. The van der Waals surface area contributed by atoms with Crippen molar-refractivity contribution in [3.63, 3.8) is 0 Å². The van der Waals surface area contributed by atoms with Crippen molar-refractivity contribution >= 4 is 33.5 Å². The highest BCUT2D eigenvalue weighted by Crippen LogP contribution is 2.17. The average molecular weight is 403 g/mol. The number of rotatable bonds is 6. The molecule has 0 bridgehead atoms. The molecular weight excluding hydrogens is 388 g/mol. The van der Waals surface area contributed by atoms with Gasteiger partial charge in [0.2, 0.25) is 0 Å². The zero-order valence-electron chi connectivity index (χ0n) is 13.4. The number of anilines is 1. The molecule has 25 heavy (non-hydrogen) atoms. The Balaban J connectivity index is 1.83. The predicted octanol–water partition coefficient (Wildman–Crippen LogP) is 3.27. The summed E-state index contributed by atoms with van der Waals surface area (Å²) in [6.07, 6.45) is -0.861. The summed E-state index contributed by atoms with van der Waals surface area (Å²) in [5.41, 5.74) is 0.694. The van der Waals surface area contributed by atoms with E-state index >= 15 is 0 Å². The summed E-state index contributed by atoms with van der Waals surface area (Å²) in [4.78, 5) is 23.8. The van der Waals surface area contributed by atoms with Crippen LogP contribution in [-0.4, -0.2) is 24.6 Å². The lowest BCUT2D eigenvalue weighted by molar-refractivity contribution is -0.153. The summed E-state index contributed by atoms with van der Waals surface area (Å²) >= 11 is 3.31. The van der Waals surface area contributed by atoms with E-state index in [4.69, 9.17) is 14.7 Å². The van der Waals surface area contributed by atoms with Gasteiger partial charge in [0, 0.05) is 4.47 Å². The van der Waals surface area contributed by atoms with E-state index in [0.717, 1.165) is 4.47 Å². The van der Waals surface area contributed by atoms with E-state index in [2.05, 4.69) is 21.2 Å². The van der Waals surface area contributed by atoms with Crippen LogP contribution in [0.2, 0.25) is 0 Å². The third-order valence-corrected chi connectivity index (χ3v) is 3.65. The van der Waals surface area contributed by atoms with Crippen LogP contribution in [0.15, 0.2) is 53.0 Å². The Hall–Kier alpha value is -2.85. The number of hydrogen-bond donors (Lipinski definition) is 1. The van der Waals surface area contributed by atoms with E-state index in [1.165, 1.54) is 6.92 Å². The molecule has 0 aliphatic carbocycles. The van der Waals surface area contributed by atoms with Gasteiger partial charge < -0.3 is 14.8 Å². The van der Waals surface area contributed by atoms with Gasteiger partial charge in [-0.1, -0.05) is 28.1 Å². The number of halogens is 1.